The van der Waals surface area contributed by atoms with Gasteiger partial charge in [-0.15, -0.1) is 0 Å². The van der Waals surface area contributed by atoms with Crippen molar-refractivity contribution < 1.29 is 0 Å². The van der Waals surface area contributed by atoms with Crippen LogP contribution < -0.4 is 0 Å². The minimum Gasteiger partial charge on any atom is -0.208 e. The van der Waals surface area contributed by atoms with Crippen LogP contribution in [0.2, 0.25) is 0 Å². The van der Waals surface area contributed by atoms with E-state index in [9.17, 15) is 0 Å². The summed E-state index contributed by atoms with van der Waals surface area (Å²) in [5.41, 5.74) is 11.3. The predicted molar refractivity (Wildman–Crippen MR) is 204 cm³/mol. The molecule has 0 saturated carbocycles. The Morgan fingerprint density at radius 1 is 0.417 bits per heavy atom. The van der Waals surface area contributed by atoms with Gasteiger partial charge < -0.3 is 0 Å². The largest absolute Gasteiger partial charge is 0.208 e. The second kappa shape index (κ2) is 14.8. The summed E-state index contributed by atoms with van der Waals surface area (Å²) >= 11 is 0. The third kappa shape index (κ3) is 7.33. The number of hydrogen-bond donors (Lipinski definition) is 0. The van der Waals surface area contributed by atoms with Crippen molar-refractivity contribution in [1.29, 1.82) is 0 Å². The Bertz CT molecular complexity index is 2180. The van der Waals surface area contributed by atoms with Crippen LogP contribution in [-0.4, -0.2) is 15.0 Å². The average molecular weight is 618 g/mol. The molecule has 48 heavy (non-hydrogen) atoms. The standard InChI is InChI=1S/C45H35N3/c1-5-7-15-32(3)34-25-27-35(28-26-34)37-19-12-20-38(29-37)39-21-13-22-40(30-39)41-23-14-24-42(31-41)45-47-43(33(4)16-8-6-2)46-44(48-45)36-17-10-9-11-18-36/h5-31H,1-4H2/b15-7-,16-8-. The lowest BCUT2D eigenvalue weighted by Gasteiger charge is -2.11. The monoisotopic (exact) mass is 617 g/mol. The molecule has 0 aliphatic carbocycles. The first-order chi connectivity index (χ1) is 23.5. The van der Waals surface area contributed by atoms with Crippen LogP contribution in [0.4, 0.5) is 0 Å². The summed E-state index contributed by atoms with van der Waals surface area (Å²) in [6.07, 6.45) is 11.0. The fourth-order valence-corrected chi connectivity index (χ4v) is 5.38. The maximum absolute atomic E-state index is 4.88. The summed E-state index contributed by atoms with van der Waals surface area (Å²) in [5, 5.41) is 0. The van der Waals surface area contributed by atoms with Crippen LogP contribution in [0, 0.1) is 0 Å². The van der Waals surface area contributed by atoms with Crippen LogP contribution in [0.5, 0.6) is 0 Å². The molecule has 0 saturated heterocycles. The summed E-state index contributed by atoms with van der Waals surface area (Å²) in [6.45, 7) is 15.8. The van der Waals surface area contributed by atoms with Gasteiger partial charge in [0.25, 0.3) is 0 Å². The SMILES string of the molecule is C=C/C=C\C(=C)c1ccc(-c2cccc(-c3cccc(-c4cccc(-c5nc(C(=C)/C=C\C=C)nc(-c6ccccc6)n5)c4)c3)c2)cc1. The minimum absolute atomic E-state index is 0.522. The van der Waals surface area contributed by atoms with Crippen LogP contribution in [-0.2, 0) is 0 Å². The number of aromatic nitrogens is 3. The van der Waals surface area contributed by atoms with Gasteiger partial charge in [-0.25, -0.2) is 15.0 Å². The molecule has 0 aliphatic rings. The predicted octanol–water partition coefficient (Wildman–Crippen LogP) is 11.7. The zero-order chi connectivity index (χ0) is 33.3. The van der Waals surface area contributed by atoms with Gasteiger partial charge in [0.15, 0.2) is 17.5 Å². The highest BCUT2D eigenvalue weighted by molar-refractivity contribution is 5.80. The zero-order valence-corrected chi connectivity index (χ0v) is 26.8. The second-order valence-electron chi connectivity index (χ2n) is 11.2. The van der Waals surface area contributed by atoms with Crippen LogP contribution in [0.15, 0.2) is 190 Å². The lowest BCUT2D eigenvalue weighted by atomic mass is 9.95. The van der Waals surface area contributed by atoms with E-state index in [0.717, 1.165) is 55.6 Å². The smallest absolute Gasteiger partial charge is 0.164 e. The molecule has 5 aromatic carbocycles. The van der Waals surface area contributed by atoms with Gasteiger partial charge >= 0.3 is 0 Å². The van der Waals surface area contributed by atoms with Crippen LogP contribution in [0.3, 0.4) is 0 Å². The Kier molecular flexibility index (Phi) is 9.70. The Labute approximate surface area is 283 Å². The molecule has 0 aliphatic heterocycles. The van der Waals surface area contributed by atoms with E-state index >= 15 is 0 Å². The average Bonchev–Trinajstić information content (AvgIpc) is 3.16. The van der Waals surface area contributed by atoms with Gasteiger partial charge in [0, 0.05) is 16.7 Å². The van der Waals surface area contributed by atoms with Crippen molar-refractivity contribution in [2.75, 3.05) is 0 Å². The van der Waals surface area contributed by atoms with Crippen molar-refractivity contribution >= 4 is 11.1 Å². The topological polar surface area (TPSA) is 38.7 Å². The van der Waals surface area contributed by atoms with E-state index in [2.05, 4.69) is 111 Å². The van der Waals surface area contributed by atoms with Gasteiger partial charge in [-0.3, -0.25) is 0 Å². The summed E-state index contributed by atoms with van der Waals surface area (Å²) in [4.78, 5) is 14.5. The molecule has 0 bridgehead atoms. The van der Waals surface area contributed by atoms with Crippen molar-refractivity contribution in [1.82, 2.24) is 15.0 Å². The lowest BCUT2D eigenvalue weighted by molar-refractivity contribution is 1.04. The summed E-state index contributed by atoms with van der Waals surface area (Å²) < 4.78 is 0. The molecule has 230 valence electrons. The first-order valence-electron chi connectivity index (χ1n) is 15.7. The van der Waals surface area contributed by atoms with Crippen LogP contribution in [0.25, 0.3) is 67.3 Å². The fourth-order valence-electron chi connectivity index (χ4n) is 5.38. The molecule has 3 nitrogen and oxygen atoms in total. The molecule has 0 N–H and O–H groups in total. The van der Waals surface area contributed by atoms with Crippen molar-refractivity contribution in [2.24, 2.45) is 0 Å². The number of benzene rings is 5. The first-order valence-corrected chi connectivity index (χ1v) is 15.7. The van der Waals surface area contributed by atoms with E-state index in [-0.39, 0.29) is 0 Å². The van der Waals surface area contributed by atoms with E-state index in [1.165, 1.54) is 0 Å². The zero-order valence-electron chi connectivity index (χ0n) is 26.8. The van der Waals surface area contributed by atoms with Crippen molar-refractivity contribution in [3.8, 4) is 56.2 Å². The van der Waals surface area contributed by atoms with E-state index in [0.29, 0.717) is 23.0 Å². The number of nitrogens with zero attached hydrogens (tertiary/aromatic N) is 3. The Hall–Kier alpha value is -6.45. The van der Waals surface area contributed by atoms with Gasteiger partial charge in [0.05, 0.1) is 0 Å². The molecule has 0 atom stereocenters. The first kappa shape index (κ1) is 31.5. The van der Waals surface area contributed by atoms with Gasteiger partial charge in [0.1, 0.15) is 0 Å². The number of hydrogen-bond acceptors (Lipinski definition) is 3. The highest BCUT2D eigenvalue weighted by Gasteiger charge is 2.13. The molecule has 1 heterocycles. The molecule has 0 amide bonds. The Morgan fingerprint density at radius 3 is 1.40 bits per heavy atom. The fraction of sp³-hybridized carbons (Fsp3) is 0. The van der Waals surface area contributed by atoms with E-state index in [1.807, 2.05) is 66.8 Å². The van der Waals surface area contributed by atoms with Crippen molar-refractivity contribution in [3.63, 3.8) is 0 Å². The highest BCUT2D eigenvalue weighted by Crippen LogP contribution is 2.32. The third-order valence-electron chi connectivity index (χ3n) is 7.92. The molecule has 1 aromatic heterocycles. The van der Waals surface area contributed by atoms with Gasteiger partial charge in [-0.05, 0) is 62.7 Å². The Morgan fingerprint density at radius 2 is 0.854 bits per heavy atom. The molecule has 3 heteroatoms. The molecule has 6 rings (SSSR count). The van der Waals surface area contributed by atoms with E-state index < -0.39 is 0 Å². The van der Waals surface area contributed by atoms with Gasteiger partial charge in [0.2, 0.25) is 0 Å². The summed E-state index contributed by atoms with van der Waals surface area (Å²) in [6, 6.07) is 44.0. The van der Waals surface area contributed by atoms with Crippen molar-refractivity contribution in [2.45, 2.75) is 0 Å². The lowest BCUT2D eigenvalue weighted by Crippen LogP contribution is -2.02. The summed E-state index contributed by atoms with van der Waals surface area (Å²) in [5.74, 6) is 1.71. The second-order valence-corrected chi connectivity index (χ2v) is 11.2. The van der Waals surface area contributed by atoms with E-state index in [1.54, 1.807) is 12.2 Å². The van der Waals surface area contributed by atoms with E-state index in [4.69, 9.17) is 15.0 Å². The van der Waals surface area contributed by atoms with Gasteiger partial charge in [-0.2, -0.15) is 0 Å². The summed E-state index contributed by atoms with van der Waals surface area (Å²) in [7, 11) is 0. The molecule has 6 aromatic rings. The molecule has 0 fully saturated rings. The minimum atomic E-state index is 0.522. The molecule has 0 spiro atoms. The van der Waals surface area contributed by atoms with Crippen LogP contribution >= 0.6 is 0 Å². The molecule has 0 radical (unpaired) electrons. The van der Waals surface area contributed by atoms with Crippen LogP contribution in [0.1, 0.15) is 11.4 Å². The third-order valence-corrected chi connectivity index (χ3v) is 7.92. The maximum Gasteiger partial charge on any atom is 0.164 e. The molecular weight excluding hydrogens is 583 g/mol. The highest BCUT2D eigenvalue weighted by atomic mass is 15.0. The normalized spacial score (nSPS) is 11.1. The molecular formula is C45H35N3. The Balaban J connectivity index is 1.32. The molecule has 0 unspecified atom stereocenters. The maximum atomic E-state index is 4.88. The quantitative estimate of drug-likeness (QED) is 0.136. The van der Waals surface area contributed by atoms with Gasteiger partial charge in [-0.1, -0.05) is 172 Å². The number of rotatable bonds is 11. The van der Waals surface area contributed by atoms with Crippen molar-refractivity contribution in [3.05, 3.63) is 202 Å². The number of allylic oxidation sites excluding steroid dienone is 8.